The monoisotopic (exact) mass is 340 g/mol. The van der Waals surface area contributed by atoms with Crippen molar-refractivity contribution in [2.24, 2.45) is 0 Å². The molecule has 0 spiro atoms. The second-order valence-corrected chi connectivity index (χ2v) is 6.91. The summed E-state index contributed by atoms with van der Waals surface area (Å²) in [6, 6.07) is 21.6. The molecule has 1 aliphatic heterocycles. The number of thiocarbonyl (C=S) groups is 1. The van der Waals surface area contributed by atoms with E-state index in [4.69, 9.17) is 12.2 Å². The molecule has 0 atom stereocenters. The fourth-order valence-corrected chi connectivity index (χ4v) is 3.49. The van der Waals surface area contributed by atoms with Crippen molar-refractivity contribution in [2.45, 2.75) is 32.0 Å². The molecule has 0 amide bonds. The Balaban J connectivity index is 1.36. The highest BCUT2D eigenvalue weighted by atomic mass is 32.1. The van der Waals surface area contributed by atoms with E-state index in [0.717, 1.165) is 18.2 Å². The van der Waals surface area contributed by atoms with Gasteiger partial charge < -0.3 is 15.5 Å². The molecule has 1 saturated heterocycles. The maximum Gasteiger partial charge on any atom is 0.166 e. The summed E-state index contributed by atoms with van der Waals surface area (Å²) in [6.45, 7) is 4.32. The summed E-state index contributed by atoms with van der Waals surface area (Å²) in [5.74, 6) is 0. The minimum Gasteiger partial charge on any atom is -0.360 e. The van der Waals surface area contributed by atoms with Gasteiger partial charge in [-0.1, -0.05) is 60.7 Å². The van der Waals surface area contributed by atoms with E-state index in [1.165, 1.54) is 37.1 Å². The lowest BCUT2D eigenvalue weighted by Crippen LogP contribution is -3.12. The third-order valence-corrected chi connectivity index (χ3v) is 4.88. The Kier molecular flexibility index (Phi) is 6.21. The molecule has 1 aliphatic rings. The van der Waals surface area contributed by atoms with Crippen LogP contribution in [0.2, 0.25) is 0 Å². The van der Waals surface area contributed by atoms with E-state index in [0.29, 0.717) is 6.04 Å². The smallest absolute Gasteiger partial charge is 0.166 e. The van der Waals surface area contributed by atoms with E-state index in [-0.39, 0.29) is 0 Å². The van der Waals surface area contributed by atoms with Crippen molar-refractivity contribution < 1.29 is 4.90 Å². The zero-order chi connectivity index (χ0) is 16.6. The molecule has 24 heavy (non-hydrogen) atoms. The van der Waals surface area contributed by atoms with E-state index in [1.54, 1.807) is 4.90 Å². The molecule has 0 bridgehead atoms. The number of hydrogen-bond acceptors (Lipinski definition) is 1. The Labute approximate surface area is 150 Å². The van der Waals surface area contributed by atoms with Gasteiger partial charge in [-0.05, 0) is 17.8 Å². The number of nitrogens with one attached hydrogen (secondary N) is 3. The van der Waals surface area contributed by atoms with Crippen molar-refractivity contribution in [1.29, 1.82) is 0 Å². The molecule has 126 valence electrons. The highest BCUT2D eigenvalue weighted by molar-refractivity contribution is 7.80. The predicted octanol–water partition coefficient (Wildman–Crippen LogP) is 1.90. The number of benzene rings is 2. The van der Waals surface area contributed by atoms with Crippen molar-refractivity contribution in [3.8, 4) is 0 Å². The summed E-state index contributed by atoms with van der Waals surface area (Å²) in [6.07, 6.45) is 2.35. The molecule has 2 aromatic rings. The molecule has 0 radical (unpaired) electrons. The van der Waals surface area contributed by atoms with E-state index in [1.807, 2.05) is 6.07 Å². The summed E-state index contributed by atoms with van der Waals surface area (Å²) >= 11 is 5.44. The second-order valence-electron chi connectivity index (χ2n) is 6.50. The van der Waals surface area contributed by atoms with Gasteiger partial charge in [-0.25, -0.2) is 0 Å². The van der Waals surface area contributed by atoms with Gasteiger partial charge in [-0.3, -0.25) is 0 Å². The van der Waals surface area contributed by atoms with Crippen LogP contribution in [0.4, 0.5) is 0 Å². The van der Waals surface area contributed by atoms with Crippen LogP contribution in [0.5, 0.6) is 0 Å². The van der Waals surface area contributed by atoms with E-state index in [2.05, 4.69) is 65.2 Å². The molecule has 3 rings (SSSR count). The van der Waals surface area contributed by atoms with Crippen LogP contribution >= 0.6 is 12.2 Å². The highest BCUT2D eigenvalue weighted by Gasteiger charge is 2.22. The molecular formula is C20H26N3S+. The highest BCUT2D eigenvalue weighted by Crippen LogP contribution is 2.02. The summed E-state index contributed by atoms with van der Waals surface area (Å²) in [5.41, 5.74) is 2.68. The van der Waals surface area contributed by atoms with Crippen LogP contribution < -0.4 is 15.5 Å². The standard InChI is InChI=1S/C20H25N3S/c24-20(21-15-17-7-3-1-4-8-17)22-19-11-13-23(14-12-19)16-18-9-5-2-6-10-18/h1-10,19H,11-16H2,(H2,21,22,24)/p+1. The quantitative estimate of drug-likeness (QED) is 0.726. The number of hydrogen-bond donors (Lipinski definition) is 3. The van der Waals surface area contributed by atoms with E-state index in [9.17, 15) is 0 Å². The van der Waals surface area contributed by atoms with Gasteiger partial charge in [-0.2, -0.15) is 0 Å². The lowest BCUT2D eigenvalue weighted by Gasteiger charge is -2.30. The van der Waals surface area contributed by atoms with E-state index >= 15 is 0 Å². The second kappa shape index (κ2) is 8.81. The molecule has 0 saturated carbocycles. The molecule has 0 unspecified atom stereocenters. The third kappa shape index (κ3) is 5.32. The molecule has 1 heterocycles. The number of likely N-dealkylation sites (tertiary alicyclic amines) is 1. The lowest BCUT2D eigenvalue weighted by molar-refractivity contribution is -0.918. The molecule has 1 fully saturated rings. The first-order valence-electron chi connectivity index (χ1n) is 8.75. The minimum absolute atomic E-state index is 0.500. The van der Waals surface area contributed by atoms with Crippen LogP contribution in [0.25, 0.3) is 0 Å². The summed E-state index contributed by atoms with van der Waals surface area (Å²) in [4.78, 5) is 1.67. The van der Waals surface area contributed by atoms with Crippen molar-refractivity contribution in [3.05, 3.63) is 71.8 Å². The van der Waals surface area contributed by atoms with Crippen LogP contribution in [0.15, 0.2) is 60.7 Å². The summed E-state index contributed by atoms with van der Waals surface area (Å²) in [5, 5.41) is 7.56. The normalized spacial score (nSPS) is 20.3. The third-order valence-electron chi connectivity index (χ3n) is 4.62. The molecule has 2 aromatic carbocycles. The number of piperidine rings is 1. The predicted molar refractivity (Wildman–Crippen MR) is 103 cm³/mol. The maximum absolute atomic E-state index is 5.44. The Bertz CT molecular complexity index is 622. The maximum atomic E-state index is 5.44. The van der Waals surface area contributed by atoms with Crippen molar-refractivity contribution in [3.63, 3.8) is 0 Å². The van der Waals surface area contributed by atoms with Gasteiger partial charge in [-0.15, -0.1) is 0 Å². The average Bonchev–Trinajstić information content (AvgIpc) is 2.63. The average molecular weight is 341 g/mol. The van der Waals surface area contributed by atoms with Gasteiger partial charge in [0.25, 0.3) is 0 Å². The Morgan fingerprint density at radius 1 is 0.917 bits per heavy atom. The van der Waals surface area contributed by atoms with Crippen molar-refractivity contribution >= 4 is 17.3 Å². The van der Waals surface area contributed by atoms with Crippen LogP contribution in [0, 0.1) is 0 Å². The molecular weight excluding hydrogens is 314 g/mol. The first-order valence-corrected chi connectivity index (χ1v) is 9.16. The summed E-state index contributed by atoms with van der Waals surface area (Å²) in [7, 11) is 0. The largest absolute Gasteiger partial charge is 0.360 e. The molecule has 4 heteroatoms. The summed E-state index contributed by atoms with van der Waals surface area (Å²) < 4.78 is 0. The van der Waals surface area contributed by atoms with Crippen LogP contribution in [0.3, 0.4) is 0 Å². The van der Waals surface area contributed by atoms with E-state index < -0.39 is 0 Å². The first-order chi connectivity index (χ1) is 11.8. The zero-order valence-corrected chi connectivity index (χ0v) is 14.8. The van der Waals surface area contributed by atoms with Gasteiger partial charge in [0.05, 0.1) is 13.1 Å². The van der Waals surface area contributed by atoms with Crippen molar-refractivity contribution in [1.82, 2.24) is 10.6 Å². The SMILES string of the molecule is S=C(NCc1ccccc1)NC1CC[NH+](Cc2ccccc2)CC1. The van der Waals surface area contributed by atoms with Gasteiger partial charge in [0.1, 0.15) is 6.54 Å². The molecule has 0 aliphatic carbocycles. The zero-order valence-electron chi connectivity index (χ0n) is 14.0. The van der Waals surface area contributed by atoms with Gasteiger partial charge >= 0.3 is 0 Å². The molecule has 0 aromatic heterocycles. The van der Waals surface area contributed by atoms with Crippen LogP contribution in [-0.4, -0.2) is 24.2 Å². The Hall–Kier alpha value is -1.91. The van der Waals surface area contributed by atoms with Gasteiger partial charge in [0.2, 0.25) is 0 Å². The Morgan fingerprint density at radius 3 is 2.12 bits per heavy atom. The van der Waals surface area contributed by atoms with Crippen LogP contribution in [-0.2, 0) is 13.1 Å². The van der Waals surface area contributed by atoms with Crippen LogP contribution in [0.1, 0.15) is 24.0 Å². The fourth-order valence-electron chi connectivity index (χ4n) is 3.25. The first kappa shape index (κ1) is 16.9. The van der Waals surface area contributed by atoms with Crippen molar-refractivity contribution in [2.75, 3.05) is 13.1 Å². The van der Waals surface area contributed by atoms with Gasteiger partial charge in [0.15, 0.2) is 5.11 Å². The topological polar surface area (TPSA) is 28.5 Å². The number of quaternary nitrogens is 1. The number of rotatable bonds is 5. The molecule has 3 N–H and O–H groups in total. The Morgan fingerprint density at radius 2 is 1.50 bits per heavy atom. The minimum atomic E-state index is 0.500. The van der Waals surface area contributed by atoms with Gasteiger partial charge in [0, 0.05) is 31.0 Å². The fraction of sp³-hybridized carbons (Fsp3) is 0.350. The molecule has 3 nitrogen and oxygen atoms in total. The lowest BCUT2D eigenvalue weighted by atomic mass is 10.0.